The van der Waals surface area contributed by atoms with Gasteiger partial charge < -0.3 is 0 Å². The maximum absolute atomic E-state index is 13.1. The van der Waals surface area contributed by atoms with Crippen molar-refractivity contribution in [1.29, 1.82) is 0 Å². The van der Waals surface area contributed by atoms with Crippen molar-refractivity contribution in [3.63, 3.8) is 0 Å². The first-order chi connectivity index (χ1) is 4.60. The van der Waals surface area contributed by atoms with Gasteiger partial charge >= 0.3 is 0 Å². The van der Waals surface area contributed by atoms with Gasteiger partial charge in [-0.15, -0.1) is 0 Å². The molecular weight excluding hydrogens is 157 g/mol. The highest BCUT2D eigenvalue weighted by Crippen LogP contribution is 2.20. The van der Waals surface area contributed by atoms with Crippen LogP contribution in [-0.4, -0.2) is 11.6 Å². The van der Waals surface area contributed by atoms with Crippen molar-refractivity contribution < 1.29 is 9.18 Å². The van der Waals surface area contributed by atoms with Crippen LogP contribution in [0.1, 0.15) is 26.7 Å². The van der Waals surface area contributed by atoms with E-state index < -0.39 is 11.6 Å². The zero-order chi connectivity index (χ0) is 8.20. The van der Waals surface area contributed by atoms with Crippen molar-refractivity contribution in [2.75, 3.05) is 0 Å². The number of alkyl halides is 1. The van der Waals surface area contributed by atoms with E-state index in [1.165, 1.54) is 0 Å². The Kier molecular flexibility index (Phi) is 3.64. The van der Waals surface area contributed by atoms with Gasteiger partial charge in [-0.2, -0.15) is 0 Å². The van der Waals surface area contributed by atoms with Crippen molar-refractivity contribution in [1.82, 2.24) is 4.84 Å². The minimum atomic E-state index is -1.79. The summed E-state index contributed by atoms with van der Waals surface area (Å²) in [5, 5.41) is 0. The zero-order valence-corrected chi connectivity index (χ0v) is 6.83. The molecule has 10 heavy (non-hydrogen) atoms. The zero-order valence-electron chi connectivity index (χ0n) is 6.08. The van der Waals surface area contributed by atoms with Gasteiger partial charge in [0.05, 0.1) is 0 Å². The van der Waals surface area contributed by atoms with Crippen LogP contribution in [0.5, 0.6) is 0 Å². The summed E-state index contributed by atoms with van der Waals surface area (Å²) in [6.07, 6.45) is 0.310. The van der Waals surface area contributed by atoms with Crippen LogP contribution in [0.2, 0.25) is 0 Å². The molecule has 4 heteroatoms. The molecule has 0 saturated carbocycles. The summed E-state index contributed by atoms with van der Waals surface area (Å²) in [5.41, 5.74) is -1.79. The Labute approximate surface area is 64.9 Å². The molecule has 0 unspecified atom stereocenters. The fraction of sp³-hybridized carbons (Fsp3) is 0.833. The fourth-order valence-electron chi connectivity index (χ4n) is 0.656. The molecule has 0 fully saturated rings. The molecule has 0 radical (unpaired) electrons. The van der Waals surface area contributed by atoms with E-state index in [4.69, 9.17) is 11.8 Å². The van der Waals surface area contributed by atoms with Crippen LogP contribution in [0.3, 0.4) is 0 Å². The standard InChI is InChI=1S/C6H11ClFNO/c1-3-6(8,4-2)5(10)9-7/h3-4H2,1-2H3,(H,9,10). The molecule has 0 spiro atoms. The molecule has 2 nitrogen and oxygen atoms in total. The topological polar surface area (TPSA) is 29.1 Å². The molecule has 1 amide bonds. The van der Waals surface area contributed by atoms with E-state index in [-0.39, 0.29) is 12.8 Å². The number of hydrogen-bond acceptors (Lipinski definition) is 1. The van der Waals surface area contributed by atoms with Gasteiger partial charge in [-0.1, -0.05) is 13.8 Å². The molecule has 60 valence electrons. The molecular formula is C6H11ClFNO. The molecule has 0 rings (SSSR count). The molecule has 0 saturated heterocycles. The van der Waals surface area contributed by atoms with Crippen LogP contribution in [0.4, 0.5) is 4.39 Å². The predicted octanol–water partition coefficient (Wildman–Crippen LogP) is 1.78. The maximum Gasteiger partial charge on any atom is 0.271 e. The summed E-state index contributed by atoms with van der Waals surface area (Å²) in [4.78, 5) is 12.4. The minimum absolute atomic E-state index is 0.155. The third-order valence-electron chi connectivity index (χ3n) is 1.61. The first-order valence-corrected chi connectivity index (χ1v) is 3.58. The Balaban J connectivity index is 4.17. The second kappa shape index (κ2) is 3.76. The van der Waals surface area contributed by atoms with Crippen LogP contribution < -0.4 is 4.84 Å². The van der Waals surface area contributed by atoms with Crippen LogP contribution in [-0.2, 0) is 4.79 Å². The first kappa shape index (κ1) is 9.69. The summed E-state index contributed by atoms with van der Waals surface area (Å²) in [7, 11) is 0. The van der Waals surface area contributed by atoms with E-state index in [9.17, 15) is 9.18 Å². The predicted molar refractivity (Wildman–Crippen MR) is 38.4 cm³/mol. The third kappa shape index (κ3) is 1.84. The van der Waals surface area contributed by atoms with Crippen molar-refractivity contribution in [3.05, 3.63) is 0 Å². The average molecular weight is 168 g/mol. The van der Waals surface area contributed by atoms with Crippen molar-refractivity contribution >= 4 is 17.7 Å². The SMILES string of the molecule is CCC(F)(CC)C(=O)NCl. The molecule has 0 aromatic rings. The quantitative estimate of drug-likeness (QED) is 0.638. The Hall–Kier alpha value is -0.310. The molecule has 0 atom stereocenters. The monoisotopic (exact) mass is 167 g/mol. The molecule has 1 N–H and O–H groups in total. The van der Waals surface area contributed by atoms with E-state index in [0.717, 1.165) is 0 Å². The van der Waals surface area contributed by atoms with E-state index in [1.54, 1.807) is 18.7 Å². The van der Waals surface area contributed by atoms with Crippen LogP contribution in [0.25, 0.3) is 0 Å². The Bertz CT molecular complexity index is 125. The smallest absolute Gasteiger partial charge is 0.270 e. The average Bonchev–Trinajstić information content (AvgIpc) is 2.01. The minimum Gasteiger partial charge on any atom is -0.270 e. The van der Waals surface area contributed by atoms with Crippen molar-refractivity contribution in [3.8, 4) is 0 Å². The molecule has 0 aromatic carbocycles. The lowest BCUT2D eigenvalue weighted by Crippen LogP contribution is -2.38. The van der Waals surface area contributed by atoms with Crippen LogP contribution in [0.15, 0.2) is 0 Å². The van der Waals surface area contributed by atoms with Crippen LogP contribution in [0, 0.1) is 0 Å². The summed E-state index contributed by atoms with van der Waals surface area (Å²) in [6, 6.07) is 0. The lowest BCUT2D eigenvalue weighted by molar-refractivity contribution is -0.131. The van der Waals surface area contributed by atoms with Crippen molar-refractivity contribution in [2.45, 2.75) is 32.4 Å². The number of carbonyl (C=O) groups excluding carboxylic acids is 1. The molecule has 0 aliphatic rings. The lowest BCUT2D eigenvalue weighted by atomic mass is 9.99. The number of halogens is 2. The number of amides is 1. The lowest BCUT2D eigenvalue weighted by Gasteiger charge is -2.17. The second-order valence-electron chi connectivity index (χ2n) is 2.10. The fourth-order valence-corrected chi connectivity index (χ4v) is 0.825. The maximum atomic E-state index is 13.1. The highest BCUT2D eigenvalue weighted by Gasteiger charge is 2.33. The van der Waals surface area contributed by atoms with Gasteiger partial charge in [0.25, 0.3) is 5.91 Å². The summed E-state index contributed by atoms with van der Waals surface area (Å²) in [6.45, 7) is 3.21. The van der Waals surface area contributed by atoms with Gasteiger partial charge in [0.1, 0.15) is 0 Å². The molecule has 0 bridgehead atoms. The Morgan fingerprint density at radius 2 is 2.00 bits per heavy atom. The summed E-state index contributed by atoms with van der Waals surface area (Å²) in [5.74, 6) is -0.751. The Morgan fingerprint density at radius 3 is 2.10 bits per heavy atom. The van der Waals surface area contributed by atoms with Gasteiger partial charge in [-0.05, 0) is 12.8 Å². The van der Waals surface area contributed by atoms with Gasteiger partial charge in [0.15, 0.2) is 5.67 Å². The molecule has 0 aromatic heterocycles. The number of carbonyl (C=O) groups is 1. The van der Waals surface area contributed by atoms with Gasteiger partial charge in [0.2, 0.25) is 0 Å². The molecule has 0 aliphatic heterocycles. The van der Waals surface area contributed by atoms with E-state index in [2.05, 4.69) is 0 Å². The van der Waals surface area contributed by atoms with Gasteiger partial charge in [-0.3, -0.25) is 9.63 Å². The van der Waals surface area contributed by atoms with E-state index >= 15 is 0 Å². The third-order valence-corrected chi connectivity index (χ3v) is 1.79. The van der Waals surface area contributed by atoms with Gasteiger partial charge in [0, 0.05) is 11.8 Å². The molecule has 0 heterocycles. The highest BCUT2D eigenvalue weighted by molar-refractivity contribution is 6.22. The van der Waals surface area contributed by atoms with Crippen molar-refractivity contribution in [2.24, 2.45) is 0 Å². The number of hydrogen-bond donors (Lipinski definition) is 1. The number of nitrogens with one attached hydrogen (secondary N) is 1. The summed E-state index contributed by atoms with van der Waals surface area (Å²) < 4.78 is 13.1. The van der Waals surface area contributed by atoms with Crippen LogP contribution >= 0.6 is 11.8 Å². The second-order valence-corrected chi connectivity index (χ2v) is 2.29. The van der Waals surface area contributed by atoms with Gasteiger partial charge in [-0.25, -0.2) is 4.39 Å². The first-order valence-electron chi connectivity index (χ1n) is 3.20. The normalized spacial score (nSPS) is 11.2. The Morgan fingerprint density at radius 1 is 1.60 bits per heavy atom. The summed E-state index contributed by atoms with van der Waals surface area (Å²) >= 11 is 4.95. The largest absolute Gasteiger partial charge is 0.271 e. The number of rotatable bonds is 3. The van der Waals surface area contributed by atoms with E-state index in [0.29, 0.717) is 0 Å². The highest BCUT2D eigenvalue weighted by atomic mass is 35.5. The molecule has 0 aliphatic carbocycles. The van der Waals surface area contributed by atoms with E-state index in [1.807, 2.05) is 0 Å².